The van der Waals surface area contributed by atoms with Crippen LogP contribution in [0.3, 0.4) is 0 Å². The van der Waals surface area contributed by atoms with Crippen molar-refractivity contribution in [3.63, 3.8) is 0 Å². The molecule has 0 N–H and O–H groups in total. The van der Waals surface area contributed by atoms with Gasteiger partial charge in [0.05, 0.1) is 0 Å². The van der Waals surface area contributed by atoms with Crippen LogP contribution in [0, 0.1) is 5.41 Å². The van der Waals surface area contributed by atoms with Crippen LogP contribution in [-0.2, 0) is 14.3 Å². The first-order valence-corrected chi connectivity index (χ1v) is 8.28. The summed E-state index contributed by atoms with van der Waals surface area (Å²) < 4.78 is 5.39. The van der Waals surface area contributed by atoms with Crippen LogP contribution in [-0.4, -0.2) is 64.6 Å². The Labute approximate surface area is 137 Å². The molecule has 1 spiro atoms. The molecule has 0 aromatic rings. The second kappa shape index (κ2) is 6.02. The summed E-state index contributed by atoms with van der Waals surface area (Å²) in [6.45, 7) is 10.6. The first-order valence-electron chi connectivity index (χ1n) is 8.28. The molecule has 23 heavy (non-hydrogen) atoms. The molecule has 130 valence electrons. The molecule has 0 aliphatic carbocycles. The molecule has 2 aliphatic rings. The molecule has 2 heterocycles. The summed E-state index contributed by atoms with van der Waals surface area (Å²) in [6.07, 6.45) is 0.637. The van der Waals surface area contributed by atoms with Crippen LogP contribution >= 0.6 is 0 Å². The molecule has 0 radical (unpaired) electrons. The number of likely N-dealkylation sites (tertiary alicyclic amines) is 1. The lowest BCUT2D eigenvalue weighted by Crippen LogP contribution is -2.53. The van der Waals surface area contributed by atoms with Crippen molar-refractivity contribution in [1.82, 2.24) is 14.9 Å². The zero-order valence-corrected chi connectivity index (χ0v) is 14.7. The summed E-state index contributed by atoms with van der Waals surface area (Å²) in [6, 6.07) is 0. The topological polar surface area (TPSA) is 70.2 Å². The molecule has 2 saturated heterocycles. The van der Waals surface area contributed by atoms with Gasteiger partial charge in [0, 0.05) is 26.2 Å². The van der Waals surface area contributed by atoms with E-state index in [1.165, 1.54) is 14.9 Å². The van der Waals surface area contributed by atoms with Crippen LogP contribution in [0.15, 0.2) is 0 Å². The monoisotopic (exact) mass is 325 g/mol. The van der Waals surface area contributed by atoms with E-state index in [0.29, 0.717) is 32.5 Å². The van der Waals surface area contributed by atoms with E-state index in [9.17, 15) is 14.4 Å². The van der Waals surface area contributed by atoms with Crippen LogP contribution in [0.5, 0.6) is 0 Å². The SMILES string of the molecule is CCN1C(=O)C2(CCCN(C(=O)OC(C)(C)C)C2)C(=O)N1CC. The largest absolute Gasteiger partial charge is 0.444 e. The average molecular weight is 325 g/mol. The summed E-state index contributed by atoms with van der Waals surface area (Å²) in [5.74, 6) is -0.389. The molecular formula is C16H27N3O4. The molecule has 3 amide bonds. The molecule has 0 atom stereocenters. The first-order chi connectivity index (χ1) is 10.7. The molecule has 2 fully saturated rings. The number of hydrogen-bond acceptors (Lipinski definition) is 4. The highest BCUT2D eigenvalue weighted by atomic mass is 16.6. The highest BCUT2D eigenvalue weighted by Gasteiger charge is 2.59. The van der Waals surface area contributed by atoms with Crippen LogP contribution in [0.25, 0.3) is 0 Å². The maximum Gasteiger partial charge on any atom is 0.410 e. The van der Waals surface area contributed by atoms with Crippen molar-refractivity contribution in [2.24, 2.45) is 5.41 Å². The van der Waals surface area contributed by atoms with Gasteiger partial charge in [0.1, 0.15) is 11.0 Å². The molecule has 2 rings (SSSR count). The standard InChI is InChI=1S/C16H27N3O4/c1-6-18-12(20)16(13(21)19(18)7-2)9-8-10-17(11-16)14(22)23-15(3,4)5/h6-11H2,1-5H3. The minimum atomic E-state index is -1.14. The van der Waals surface area contributed by atoms with Gasteiger partial charge in [-0.25, -0.2) is 4.79 Å². The van der Waals surface area contributed by atoms with Gasteiger partial charge in [0.25, 0.3) is 11.8 Å². The van der Waals surface area contributed by atoms with E-state index in [4.69, 9.17) is 4.74 Å². The van der Waals surface area contributed by atoms with Gasteiger partial charge >= 0.3 is 6.09 Å². The van der Waals surface area contributed by atoms with Crippen LogP contribution in [0.4, 0.5) is 4.79 Å². The molecule has 0 saturated carbocycles. The van der Waals surface area contributed by atoms with E-state index in [0.717, 1.165) is 0 Å². The van der Waals surface area contributed by atoms with E-state index in [2.05, 4.69) is 0 Å². The normalized spacial score (nSPS) is 21.3. The van der Waals surface area contributed by atoms with Gasteiger partial charge in [0.15, 0.2) is 0 Å². The van der Waals surface area contributed by atoms with Gasteiger partial charge < -0.3 is 9.64 Å². The highest BCUT2D eigenvalue weighted by molar-refractivity contribution is 6.10. The van der Waals surface area contributed by atoms with E-state index in [-0.39, 0.29) is 18.4 Å². The van der Waals surface area contributed by atoms with Gasteiger partial charge in [0.2, 0.25) is 0 Å². The minimum absolute atomic E-state index is 0.104. The minimum Gasteiger partial charge on any atom is -0.444 e. The van der Waals surface area contributed by atoms with Crippen molar-refractivity contribution in [3.05, 3.63) is 0 Å². The third-order valence-electron chi connectivity index (χ3n) is 4.32. The molecule has 0 aromatic heterocycles. The smallest absolute Gasteiger partial charge is 0.410 e. The van der Waals surface area contributed by atoms with Crippen molar-refractivity contribution in [1.29, 1.82) is 0 Å². The maximum atomic E-state index is 12.8. The van der Waals surface area contributed by atoms with Gasteiger partial charge in [-0.1, -0.05) is 0 Å². The summed E-state index contributed by atoms with van der Waals surface area (Å²) in [7, 11) is 0. The number of carbonyl (C=O) groups excluding carboxylic acids is 3. The van der Waals surface area contributed by atoms with E-state index in [1.54, 1.807) is 20.8 Å². The number of ether oxygens (including phenoxy) is 1. The van der Waals surface area contributed by atoms with Crippen LogP contribution in [0.1, 0.15) is 47.5 Å². The third-order valence-corrected chi connectivity index (χ3v) is 4.32. The zero-order valence-electron chi connectivity index (χ0n) is 14.7. The van der Waals surface area contributed by atoms with E-state index >= 15 is 0 Å². The first kappa shape index (κ1) is 17.6. The predicted molar refractivity (Wildman–Crippen MR) is 84.2 cm³/mol. The summed E-state index contributed by atoms with van der Waals surface area (Å²) in [4.78, 5) is 39.5. The van der Waals surface area contributed by atoms with Crippen LogP contribution < -0.4 is 0 Å². The molecule has 0 unspecified atom stereocenters. The molecule has 7 nitrogen and oxygen atoms in total. The maximum absolute atomic E-state index is 12.8. The van der Waals surface area contributed by atoms with Gasteiger partial charge in [-0.3, -0.25) is 19.6 Å². The molecule has 7 heteroatoms. The quantitative estimate of drug-likeness (QED) is 0.724. The fourth-order valence-corrected chi connectivity index (χ4v) is 3.32. The van der Waals surface area contributed by atoms with Gasteiger partial charge in [-0.05, 0) is 47.5 Å². The average Bonchev–Trinajstić information content (AvgIpc) is 2.67. The Balaban J connectivity index is 2.24. The van der Waals surface area contributed by atoms with Gasteiger partial charge in [-0.15, -0.1) is 0 Å². The van der Waals surface area contributed by atoms with Crippen molar-refractivity contribution in [2.45, 2.75) is 53.1 Å². The zero-order chi connectivity index (χ0) is 17.4. The number of carbonyl (C=O) groups is 3. The van der Waals surface area contributed by atoms with E-state index < -0.39 is 17.1 Å². The van der Waals surface area contributed by atoms with Crippen molar-refractivity contribution >= 4 is 17.9 Å². The predicted octanol–water partition coefficient (Wildman–Crippen LogP) is 1.63. The number of amides is 3. The molecule has 0 aromatic carbocycles. The lowest BCUT2D eigenvalue weighted by Gasteiger charge is -2.37. The molecule has 2 aliphatic heterocycles. The molecule has 0 bridgehead atoms. The number of nitrogens with zero attached hydrogens (tertiary/aromatic N) is 3. The summed E-state index contributed by atoms with van der Waals surface area (Å²) in [5.41, 5.74) is -1.74. The summed E-state index contributed by atoms with van der Waals surface area (Å²) >= 11 is 0. The van der Waals surface area contributed by atoms with Gasteiger partial charge in [-0.2, -0.15) is 0 Å². The number of hydrogen-bond donors (Lipinski definition) is 0. The van der Waals surface area contributed by atoms with Crippen molar-refractivity contribution in [3.8, 4) is 0 Å². The van der Waals surface area contributed by atoms with Crippen molar-refractivity contribution < 1.29 is 19.1 Å². The lowest BCUT2D eigenvalue weighted by atomic mass is 9.79. The summed E-state index contributed by atoms with van der Waals surface area (Å²) in [5, 5.41) is 3.00. The number of hydrazine groups is 1. The number of rotatable bonds is 2. The Hall–Kier alpha value is -1.79. The Bertz CT molecular complexity index is 490. The number of piperidine rings is 1. The second-order valence-electron chi connectivity index (χ2n) is 7.13. The van der Waals surface area contributed by atoms with Crippen molar-refractivity contribution in [2.75, 3.05) is 26.2 Å². The fourth-order valence-electron chi connectivity index (χ4n) is 3.32. The fraction of sp³-hybridized carbons (Fsp3) is 0.812. The Morgan fingerprint density at radius 3 is 2.09 bits per heavy atom. The third kappa shape index (κ3) is 3.01. The Morgan fingerprint density at radius 1 is 1.13 bits per heavy atom. The van der Waals surface area contributed by atoms with E-state index in [1.807, 2.05) is 13.8 Å². The Morgan fingerprint density at radius 2 is 1.65 bits per heavy atom. The highest BCUT2D eigenvalue weighted by Crippen LogP contribution is 2.40. The molecular weight excluding hydrogens is 298 g/mol. The Kier molecular flexibility index (Phi) is 4.59. The second-order valence-corrected chi connectivity index (χ2v) is 7.13. The lowest BCUT2D eigenvalue weighted by molar-refractivity contribution is -0.145. The van der Waals surface area contributed by atoms with Crippen LogP contribution in [0.2, 0.25) is 0 Å².